The fourth-order valence-electron chi connectivity index (χ4n) is 1.88. The minimum Gasteiger partial charge on any atom is -0.326 e. The number of aryl methyl sites for hydroxylation is 1. The van der Waals surface area contributed by atoms with E-state index < -0.39 is 10.0 Å². The average Bonchev–Trinajstić information content (AvgIpc) is 2.82. The summed E-state index contributed by atoms with van der Waals surface area (Å²) in [5.74, 6) is -0.0226. The molecule has 3 N–H and O–H groups in total. The molecule has 1 aromatic heterocycles. The first kappa shape index (κ1) is 15.2. The number of nitrogens with one attached hydrogen (secondary N) is 1. The van der Waals surface area contributed by atoms with Crippen LogP contribution in [0.5, 0.6) is 0 Å². The van der Waals surface area contributed by atoms with Crippen molar-refractivity contribution in [3.8, 4) is 0 Å². The average molecular weight is 310 g/mol. The number of thiophene rings is 1. The molecule has 0 saturated heterocycles. The van der Waals surface area contributed by atoms with Crippen molar-refractivity contribution >= 4 is 21.4 Å². The molecule has 108 valence electrons. The molecule has 2 rings (SSSR count). The maximum absolute atomic E-state index is 12.0. The van der Waals surface area contributed by atoms with Gasteiger partial charge in [0.25, 0.3) is 0 Å². The van der Waals surface area contributed by atoms with Crippen molar-refractivity contribution < 1.29 is 8.42 Å². The smallest absolute Gasteiger partial charge is 0.216 e. The Kier molecular flexibility index (Phi) is 4.93. The van der Waals surface area contributed by atoms with E-state index in [4.69, 9.17) is 5.73 Å². The van der Waals surface area contributed by atoms with Gasteiger partial charge in [-0.15, -0.1) is 11.3 Å². The lowest BCUT2D eigenvalue weighted by molar-refractivity contribution is 0.581. The highest BCUT2D eigenvalue weighted by Gasteiger charge is 2.12. The summed E-state index contributed by atoms with van der Waals surface area (Å²) in [6.45, 7) is 2.76. The lowest BCUT2D eigenvalue weighted by Gasteiger charge is -2.07. The van der Waals surface area contributed by atoms with Gasteiger partial charge in [0.1, 0.15) is 0 Å². The van der Waals surface area contributed by atoms with Crippen LogP contribution in [0.3, 0.4) is 0 Å². The van der Waals surface area contributed by atoms with Crippen molar-refractivity contribution in [3.05, 3.63) is 57.3 Å². The molecule has 0 spiro atoms. The van der Waals surface area contributed by atoms with Crippen molar-refractivity contribution in [2.45, 2.75) is 25.8 Å². The van der Waals surface area contributed by atoms with Crippen LogP contribution in [0.25, 0.3) is 0 Å². The Balaban J connectivity index is 1.99. The monoisotopic (exact) mass is 310 g/mol. The van der Waals surface area contributed by atoms with Crippen LogP contribution < -0.4 is 10.5 Å². The summed E-state index contributed by atoms with van der Waals surface area (Å²) in [4.78, 5) is 2.19. The minimum atomic E-state index is -3.33. The summed E-state index contributed by atoms with van der Waals surface area (Å²) in [6, 6.07) is 11.3. The zero-order chi connectivity index (χ0) is 14.6. The molecule has 4 nitrogen and oxygen atoms in total. The second-order valence-electron chi connectivity index (χ2n) is 4.62. The summed E-state index contributed by atoms with van der Waals surface area (Å²) >= 11 is 1.60. The highest BCUT2D eigenvalue weighted by molar-refractivity contribution is 7.88. The third kappa shape index (κ3) is 4.42. The fraction of sp³-hybridized carbons (Fsp3) is 0.286. The lowest BCUT2D eigenvalue weighted by Crippen LogP contribution is -2.24. The van der Waals surface area contributed by atoms with Crippen LogP contribution in [0.1, 0.15) is 20.9 Å². The van der Waals surface area contributed by atoms with Gasteiger partial charge in [-0.25, -0.2) is 13.1 Å². The summed E-state index contributed by atoms with van der Waals surface area (Å²) in [5, 5.41) is 0. The van der Waals surface area contributed by atoms with Gasteiger partial charge >= 0.3 is 0 Å². The van der Waals surface area contributed by atoms with Gasteiger partial charge < -0.3 is 5.73 Å². The molecular weight excluding hydrogens is 292 g/mol. The molecule has 0 aliphatic rings. The van der Waals surface area contributed by atoms with Crippen LogP contribution in [0.4, 0.5) is 0 Å². The third-order valence-corrected chi connectivity index (χ3v) is 5.14. The SMILES string of the molecule is Cc1ccc(CNS(=O)(=O)Cc2cccc(CN)c2)s1. The van der Waals surface area contributed by atoms with Crippen LogP contribution >= 0.6 is 11.3 Å². The van der Waals surface area contributed by atoms with Gasteiger partial charge in [0, 0.05) is 22.8 Å². The van der Waals surface area contributed by atoms with Crippen LogP contribution in [-0.4, -0.2) is 8.42 Å². The molecule has 0 amide bonds. The van der Waals surface area contributed by atoms with E-state index >= 15 is 0 Å². The largest absolute Gasteiger partial charge is 0.326 e. The van der Waals surface area contributed by atoms with E-state index in [1.54, 1.807) is 17.4 Å². The number of hydrogen-bond donors (Lipinski definition) is 2. The van der Waals surface area contributed by atoms with Gasteiger partial charge in [0.15, 0.2) is 0 Å². The molecule has 0 bridgehead atoms. The predicted octanol–water partition coefficient (Wildman–Crippen LogP) is 2.13. The topological polar surface area (TPSA) is 72.2 Å². The molecule has 0 saturated carbocycles. The molecule has 1 heterocycles. The van der Waals surface area contributed by atoms with E-state index in [1.165, 1.54) is 4.88 Å². The van der Waals surface area contributed by atoms with Crippen LogP contribution in [0.2, 0.25) is 0 Å². The molecule has 0 fully saturated rings. The van der Waals surface area contributed by atoms with E-state index in [0.29, 0.717) is 13.1 Å². The molecule has 0 unspecified atom stereocenters. The van der Waals surface area contributed by atoms with E-state index in [9.17, 15) is 8.42 Å². The zero-order valence-corrected chi connectivity index (χ0v) is 12.9. The Labute approximate surface area is 123 Å². The van der Waals surface area contributed by atoms with Crippen molar-refractivity contribution in [2.24, 2.45) is 5.73 Å². The standard InChI is InChI=1S/C14H18N2O2S2/c1-11-5-6-14(19-11)9-16-20(17,18)10-13-4-2-3-12(7-13)8-15/h2-7,16H,8-10,15H2,1H3. The van der Waals surface area contributed by atoms with Gasteiger partial charge in [-0.1, -0.05) is 24.3 Å². The minimum absolute atomic E-state index is 0.0226. The second kappa shape index (κ2) is 6.49. The van der Waals surface area contributed by atoms with Gasteiger partial charge in [-0.3, -0.25) is 0 Å². The Morgan fingerprint density at radius 2 is 1.95 bits per heavy atom. The van der Waals surface area contributed by atoms with E-state index in [2.05, 4.69) is 4.72 Å². The number of benzene rings is 1. The summed E-state index contributed by atoms with van der Waals surface area (Å²) in [6.07, 6.45) is 0. The number of nitrogens with two attached hydrogens (primary N) is 1. The number of hydrogen-bond acceptors (Lipinski definition) is 4. The first-order valence-electron chi connectivity index (χ1n) is 6.29. The molecule has 0 aliphatic heterocycles. The highest BCUT2D eigenvalue weighted by Crippen LogP contribution is 2.15. The molecule has 0 aliphatic carbocycles. The second-order valence-corrected chi connectivity index (χ2v) is 7.80. The normalized spacial score (nSPS) is 11.7. The first-order valence-corrected chi connectivity index (χ1v) is 8.76. The summed E-state index contributed by atoms with van der Waals surface area (Å²) in [7, 11) is -3.33. The highest BCUT2D eigenvalue weighted by atomic mass is 32.2. The van der Waals surface area contributed by atoms with E-state index in [1.807, 2.05) is 37.3 Å². The molecule has 0 atom stereocenters. The van der Waals surface area contributed by atoms with Crippen LogP contribution in [0.15, 0.2) is 36.4 Å². The van der Waals surface area contributed by atoms with Crippen molar-refractivity contribution in [1.29, 1.82) is 0 Å². The first-order chi connectivity index (χ1) is 9.48. The predicted molar refractivity (Wildman–Crippen MR) is 82.9 cm³/mol. The van der Waals surface area contributed by atoms with E-state index in [0.717, 1.165) is 16.0 Å². The molecule has 1 aromatic carbocycles. The fourth-order valence-corrected chi connectivity index (χ4v) is 3.90. The molecule has 2 aromatic rings. The summed E-state index contributed by atoms with van der Waals surface area (Å²) < 4.78 is 26.7. The Hall–Kier alpha value is -1.21. The van der Waals surface area contributed by atoms with Crippen LogP contribution in [0, 0.1) is 6.92 Å². The quantitative estimate of drug-likeness (QED) is 0.858. The van der Waals surface area contributed by atoms with Crippen LogP contribution in [-0.2, 0) is 28.9 Å². The van der Waals surface area contributed by atoms with Gasteiger partial charge in [-0.2, -0.15) is 0 Å². The van der Waals surface area contributed by atoms with Crippen molar-refractivity contribution in [3.63, 3.8) is 0 Å². The number of sulfonamides is 1. The van der Waals surface area contributed by atoms with Gasteiger partial charge in [-0.05, 0) is 30.2 Å². The molecular formula is C14H18N2O2S2. The Morgan fingerprint density at radius 1 is 1.20 bits per heavy atom. The maximum atomic E-state index is 12.0. The Morgan fingerprint density at radius 3 is 2.60 bits per heavy atom. The number of rotatable bonds is 6. The maximum Gasteiger partial charge on any atom is 0.216 e. The van der Waals surface area contributed by atoms with Gasteiger partial charge in [0.2, 0.25) is 10.0 Å². The van der Waals surface area contributed by atoms with Crippen molar-refractivity contribution in [1.82, 2.24) is 4.72 Å². The zero-order valence-electron chi connectivity index (χ0n) is 11.3. The molecule has 20 heavy (non-hydrogen) atoms. The molecule has 0 radical (unpaired) electrons. The summed E-state index contributed by atoms with van der Waals surface area (Å²) in [5.41, 5.74) is 7.25. The van der Waals surface area contributed by atoms with Gasteiger partial charge in [0.05, 0.1) is 5.75 Å². The Bertz CT molecular complexity index is 678. The molecule has 6 heteroatoms. The van der Waals surface area contributed by atoms with E-state index in [-0.39, 0.29) is 5.75 Å². The lowest BCUT2D eigenvalue weighted by atomic mass is 10.1. The van der Waals surface area contributed by atoms with Crippen molar-refractivity contribution in [2.75, 3.05) is 0 Å². The third-order valence-electron chi connectivity index (χ3n) is 2.85.